The number of halogens is 1. The third kappa shape index (κ3) is 4.19. The SMILES string of the molecule is CC(C)NC(=O)c1ccc(C#CCCO)c(F)c1. The standard InChI is InChI=1S/C14H16FNO2/c1-10(2)16-14(18)12-7-6-11(13(15)9-12)5-3-4-8-17/h6-7,9-10,17H,4,8H2,1-2H3,(H,16,18). The number of nitrogens with one attached hydrogen (secondary N) is 1. The van der Waals surface area contributed by atoms with Gasteiger partial charge < -0.3 is 10.4 Å². The third-order valence-corrected chi connectivity index (χ3v) is 2.11. The molecule has 0 aliphatic carbocycles. The lowest BCUT2D eigenvalue weighted by atomic mass is 10.1. The highest BCUT2D eigenvalue weighted by Crippen LogP contribution is 2.09. The highest BCUT2D eigenvalue weighted by atomic mass is 19.1. The van der Waals surface area contributed by atoms with Crippen molar-refractivity contribution in [3.8, 4) is 11.8 Å². The molecule has 1 aromatic rings. The van der Waals surface area contributed by atoms with E-state index < -0.39 is 5.82 Å². The summed E-state index contributed by atoms with van der Waals surface area (Å²) in [6.07, 6.45) is 0.301. The summed E-state index contributed by atoms with van der Waals surface area (Å²) in [5.41, 5.74) is 0.499. The largest absolute Gasteiger partial charge is 0.395 e. The van der Waals surface area contributed by atoms with Crippen LogP contribution in [0.5, 0.6) is 0 Å². The second kappa shape index (κ2) is 6.77. The maximum atomic E-state index is 13.6. The molecule has 0 fully saturated rings. The number of benzene rings is 1. The average Bonchev–Trinajstić information content (AvgIpc) is 2.30. The van der Waals surface area contributed by atoms with Crippen LogP contribution in [-0.4, -0.2) is 23.7 Å². The summed E-state index contributed by atoms with van der Waals surface area (Å²) in [6, 6.07) is 4.17. The summed E-state index contributed by atoms with van der Waals surface area (Å²) < 4.78 is 13.6. The van der Waals surface area contributed by atoms with E-state index in [0.29, 0.717) is 6.42 Å². The first kappa shape index (κ1) is 14.2. The van der Waals surface area contributed by atoms with Gasteiger partial charge in [0.25, 0.3) is 5.91 Å². The second-order valence-corrected chi connectivity index (χ2v) is 4.10. The van der Waals surface area contributed by atoms with Crippen LogP contribution in [0.2, 0.25) is 0 Å². The van der Waals surface area contributed by atoms with E-state index in [1.165, 1.54) is 18.2 Å². The van der Waals surface area contributed by atoms with Gasteiger partial charge in [-0.1, -0.05) is 11.8 Å². The van der Waals surface area contributed by atoms with E-state index in [0.717, 1.165) is 0 Å². The van der Waals surface area contributed by atoms with Crippen LogP contribution in [-0.2, 0) is 0 Å². The van der Waals surface area contributed by atoms with Crippen LogP contribution in [0.3, 0.4) is 0 Å². The van der Waals surface area contributed by atoms with Crippen LogP contribution < -0.4 is 5.32 Å². The van der Waals surface area contributed by atoms with E-state index in [1.54, 1.807) is 0 Å². The molecule has 0 heterocycles. The van der Waals surface area contributed by atoms with E-state index in [9.17, 15) is 9.18 Å². The molecule has 0 aliphatic rings. The van der Waals surface area contributed by atoms with Gasteiger partial charge in [-0.05, 0) is 32.0 Å². The number of aliphatic hydroxyl groups is 1. The molecule has 0 spiro atoms. The lowest BCUT2D eigenvalue weighted by Gasteiger charge is -2.08. The molecule has 0 aromatic heterocycles. The van der Waals surface area contributed by atoms with Crippen molar-refractivity contribution in [1.29, 1.82) is 0 Å². The number of carbonyl (C=O) groups excluding carboxylic acids is 1. The minimum absolute atomic E-state index is 0.00424. The third-order valence-electron chi connectivity index (χ3n) is 2.11. The molecule has 0 atom stereocenters. The van der Waals surface area contributed by atoms with Gasteiger partial charge in [-0.25, -0.2) is 4.39 Å². The Labute approximate surface area is 106 Å². The van der Waals surface area contributed by atoms with E-state index in [4.69, 9.17) is 5.11 Å². The number of carbonyl (C=O) groups is 1. The maximum Gasteiger partial charge on any atom is 0.251 e. The molecule has 0 unspecified atom stereocenters. The zero-order valence-electron chi connectivity index (χ0n) is 10.5. The van der Waals surface area contributed by atoms with Crippen molar-refractivity contribution in [1.82, 2.24) is 5.32 Å². The van der Waals surface area contributed by atoms with Crippen LogP contribution in [0.1, 0.15) is 36.2 Å². The van der Waals surface area contributed by atoms with Gasteiger partial charge >= 0.3 is 0 Å². The number of hydrogen-bond donors (Lipinski definition) is 2. The Morgan fingerprint density at radius 3 is 2.78 bits per heavy atom. The zero-order valence-corrected chi connectivity index (χ0v) is 10.5. The summed E-state index contributed by atoms with van der Waals surface area (Å²) in [7, 11) is 0. The lowest BCUT2D eigenvalue weighted by molar-refractivity contribution is 0.0942. The van der Waals surface area contributed by atoms with E-state index >= 15 is 0 Å². The molecule has 0 saturated carbocycles. The minimum atomic E-state index is -0.531. The number of amides is 1. The molecule has 1 amide bonds. The Morgan fingerprint density at radius 2 is 2.22 bits per heavy atom. The Bertz CT molecular complexity index is 486. The van der Waals surface area contributed by atoms with Gasteiger partial charge in [-0.2, -0.15) is 0 Å². The molecule has 2 N–H and O–H groups in total. The fraction of sp³-hybridized carbons (Fsp3) is 0.357. The van der Waals surface area contributed by atoms with Crippen molar-refractivity contribution in [3.05, 3.63) is 35.1 Å². The Morgan fingerprint density at radius 1 is 1.50 bits per heavy atom. The van der Waals surface area contributed by atoms with Crippen LogP contribution in [0, 0.1) is 17.7 Å². The topological polar surface area (TPSA) is 49.3 Å². The van der Waals surface area contributed by atoms with Crippen LogP contribution in [0.25, 0.3) is 0 Å². The number of hydrogen-bond acceptors (Lipinski definition) is 2. The van der Waals surface area contributed by atoms with Gasteiger partial charge in [0.2, 0.25) is 0 Å². The zero-order chi connectivity index (χ0) is 13.5. The number of aliphatic hydroxyl groups excluding tert-OH is 1. The Kier molecular flexibility index (Phi) is 5.34. The van der Waals surface area contributed by atoms with E-state index in [-0.39, 0.29) is 29.7 Å². The van der Waals surface area contributed by atoms with Crippen molar-refractivity contribution in [2.45, 2.75) is 26.3 Å². The molecule has 0 aliphatic heterocycles. The first-order chi connectivity index (χ1) is 8.54. The minimum Gasteiger partial charge on any atom is -0.395 e. The number of rotatable bonds is 3. The van der Waals surface area contributed by atoms with Gasteiger partial charge in [0.1, 0.15) is 5.82 Å². The fourth-order valence-corrected chi connectivity index (χ4v) is 1.32. The normalized spacial score (nSPS) is 9.83. The summed E-state index contributed by atoms with van der Waals surface area (Å²) in [6.45, 7) is 3.62. The molecule has 1 aromatic carbocycles. The van der Waals surface area contributed by atoms with Crippen molar-refractivity contribution >= 4 is 5.91 Å². The summed E-state index contributed by atoms with van der Waals surface area (Å²) >= 11 is 0. The van der Waals surface area contributed by atoms with Crippen LogP contribution in [0.15, 0.2) is 18.2 Å². The van der Waals surface area contributed by atoms with E-state index in [1.807, 2.05) is 13.8 Å². The van der Waals surface area contributed by atoms with Crippen molar-refractivity contribution in [2.75, 3.05) is 6.61 Å². The predicted octanol–water partition coefficient (Wildman–Crippen LogP) is 1.70. The van der Waals surface area contributed by atoms with Crippen molar-refractivity contribution in [2.24, 2.45) is 0 Å². The summed E-state index contributed by atoms with van der Waals surface area (Å²) in [5.74, 6) is 4.40. The molecule has 3 nitrogen and oxygen atoms in total. The van der Waals surface area contributed by atoms with Crippen LogP contribution in [0.4, 0.5) is 4.39 Å². The Hall–Kier alpha value is -1.86. The van der Waals surface area contributed by atoms with Crippen LogP contribution >= 0.6 is 0 Å². The van der Waals surface area contributed by atoms with Gasteiger partial charge in [-0.3, -0.25) is 4.79 Å². The highest BCUT2D eigenvalue weighted by Gasteiger charge is 2.09. The summed E-state index contributed by atoms with van der Waals surface area (Å²) in [5, 5.41) is 11.2. The predicted molar refractivity (Wildman–Crippen MR) is 67.6 cm³/mol. The molecule has 96 valence electrons. The van der Waals surface area contributed by atoms with Crippen molar-refractivity contribution < 1.29 is 14.3 Å². The second-order valence-electron chi connectivity index (χ2n) is 4.10. The Balaban J connectivity index is 2.86. The molecule has 0 saturated heterocycles. The first-order valence-corrected chi connectivity index (χ1v) is 5.74. The maximum absolute atomic E-state index is 13.6. The highest BCUT2D eigenvalue weighted by molar-refractivity contribution is 5.94. The summed E-state index contributed by atoms with van der Waals surface area (Å²) in [4.78, 5) is 11.6. The van der Waals surface area contributed by atoms with Gasteiger partial charge in [0, 0.05) is 18.0 Å². The monoisotopic (exact) mass is 249 g/mol. The smallest absolute Gasteiger partial charge is 0.251 e. The van der Waals surface area contributed by atoms with Crippen molar-refractivity contribution in [3.63, 3.8) is 0 Å². The average molecular weight is 249 g/mol. The molecular weight excluding hydrogens is 233 g/mol. The molecule has 4 heteroatoms. The quantitative estimate of drug-likeness (QED) is 0.801. The molecule has 1 rings (SSSR count). The van der Waals surface area contributed by atoms with E-state index in [2.05, 4.69) is 17.2 Å². The molecule has 0 bridgehead atoms. The molecular formula is C14H16FNO2. The molecule has 0 radical (unpaired) electrons. The first-order valence-electron chi connectivity index (χ1n) is 5.74. The fourth-order valence-electron chi connectivity index (χ4n) is 1.32. The van der Waals surface area contributed by atoms with Gasteiger partial charge in [0.05, 0.1) is 12.2 Å². The lowest BCUT2D eigenvalue weighted by Crippen LogP contribution is -2.30. The molecule has 18 heavy (non-hydrogen) atoms. The van der Waals surface area contributed by atoms with Gasteiger partial charge in [0.15, 0.2) is 0 Å². The van der Waals surface area contributed by atoms with Gasteiger partial charge in [-0.15, -0.1) is 0 Å².